The average Bonchev–Trinajstić information content (AvgIpc) is 2.96. The fourth-order valence-corrected chi connectivity index (χ4v) is 3.16. The molecule has 0 aromatic carbocycles. The number of carboxylic acid groups (broad SMARTS) is 1. The van der Waals surface area contributed by atoms with E-state index in [2.05, 4.69) is 10.1 Å². The number of hydrogen-bond acceptors (Lipinski definition) is 5. The van der Waals surface area contributed by atoms with E-state index in [0.29, 0.717) is 4.88 Å². The molecule has 18 heavy (non-hydrogen) atoms. The number of carboxylic acids is 1. The van der Waals surface area contributed by atoms with Crippen molar-refractivity contribution in [3.8, 4) is 0 Å². The van der Waals surface area contributed by atoms with Crippen LogP contribution >= 0.6 is 23.1 Å². The second kappa shape index (κ2) is 4.43. The number of rotatable bonds is 3. The van der Waals surface area contributed by atoms with Crippen LogP contribution in [-0.2, 0) is 0 Å². The predicted molar refractivity (Wildman–Crippen MR) is 68.4 cm³/mol. The van der Waals surface area contributed by atoms with E-state index < -0.39 is 5.97 Å². The Morgan fingerprint density at radius 2 is 2.33 bits per heavy atom. The quantitative estimate of drug-likeness (QED) is 0.745. The second-order valence-corrected chi connectivity index (χ2v) is 5.46. The van der Waals surface area contributed by atoms with Crippen molar-refractivity contribution in [3.63, 3.8) is 0 Å². The molecular formula is C11H7N3O2S2. The lowest BCUT2D eigenvalue weighted by Crippen LogP contribution is -1.90. The summed E-state index contributed by atoms with van der Waals surface area (Å²) < 4.78 is 1.68. The first-order valence-electron chi connectivity index (χ1n) is 5.02. The molecule has 90 valence electrons. The van der Waals surface area contributed by atoms with Crippen LogP contribution in [0.4, 0.5) is 0 Å². The highest BCUT2D eigenvalue weighted by atomic mass is 32.2. The smallest absolute Gasteiger partial charge is 0.345 e. The first kappa shape index (κ1) is 11.2. The van der Waals surface area contributed by atoms with Gasteiger partial charge >= 0.3 is 5.97 Å². The van der Waals surface area contributed by atoms with E-state index in [1.165, 1.54) is 23.1 Å². The van der Waals surface area contributed by atoms with Crippen molar-refractivity contribution in [3.05, 3.63) is 40.8 Å². The summed E-state index contributed by atoms with van der Waals surface area (Å²) in [5, 5.41) is 15.5. The summed E-state index contributed by atoms with van der Waals surface area (Å²) in [6.45, 7) is 0. The summed E-state index contributed by atoms with van der Waals surface area (Å²) >= 11 is 2.66. The number of carbonyl (C=O) groups is 1. The molecule has 1 N–H and O–H groups in total. The van der Waals surface area contributed by atoms with Gasteiger partial charge in [0.1, 0.15) is 9.90 Å². The molecule has 3 aromatic heterocycles. The Morgan fingerprint density at radius 3 is 3.11 bits per heavy atom. The molecule has 0 aliphatic rings. The van der Waals surface area contributed by atoms with Crippen molar-refractivity contribution in [2.45, 2.75) is 9.92 Å². The number of fused-ring (bicyclic) bond motifs is 1. The number of hydrogen-bond donors (Lipinski definition) is 1. The van der Waals surface area contributed by atoms with E-state index in [4.69, 9.17) is 5.11 Å². The molecule has 3 heterocycles. The van der Waals surface area contributed by atoms with Gasteiger partial charge in [0, 0.05) is 22.5 Å². The minimum absolute atomic E-state index is 0.336. The maximum absolute atomic E-state index is 10.8. The first-order valence-corrected chi connectivity index (χ1v) is 6.72. The van der Waals surface area contributed by atoms with E-state index in [9.17, 15) is 4.79 Å². The van der Waals surface area contributed by atoms with E-state index in [1.807, 2.05) is 23.7 Å². The summed E-state index contributed by atoms with van der Waals surface area (Å²) in [6.07, 6.45) is 3.51. The molecule has 0 spiro atoms. The highest BCUT2D eigenvalue weighted by molar-refractivity contribution is 7.99. The molecule has 0 aliphatic heterocycles. The van der Waals surface area contributed by atoms with Crippen molar-refractivity contribution < 1.29 is 9.90 Å². The van der Waals surface area contributed by atoms with Crippen molar-refractivity contribution >= 4 is 34.7 Å². The number of aromatic carboxylic acids is 1. The Kier molecular flexibility index (Phi) is 2.77. The van der Waals surface area contributed by atoms with Crippen molar-refractivity contribution in [1.82, 2.24) is 14.6 Å². The third-order valence-electron chi connectivity index (χ3n) is 2.24. The van der Waals surface area contributed by atoms with Gasteiger partial charge in [0.2, 0.25) is 0 Å². The summed E-state index contributed by atoms with van der Waals surface area (Å²) in [5.41, 5.74) is 0.772. The van der Waals surface area contributed by atoms with Gasteiger partial charge in [0.15, 0.2) is 5.65 Å². The lowest BCUT2D eigenvalue weighted by molar-refractivity contribution is 0.0702. The molecule has 0 bridgehead atoms. The molecule has 5 nitrogen and oxygen atoms in total. The Hall–Kier alpha value is -1.86. The molecule has 0 amide bonds. The first-order chi connectivity index (χ1) is 8.72. The average molecular weight is 277 g/mol. The number of aromatic nitrogens is 3. The predicted octanol–water partition coefficient (Wildman–Crippen LogP) is 2.64. The number of nitrogens with zero attached hydrogens (tertiary/aromatic N) is 3. The van der Waals surface area contributed by atoms with Crippen molar-refractivity contribution in [1.29, 1.82) is 0 Å². The standard InChI is InChI=1S/C11H7N3O2S2/c15-11(16)8-5-7(6-17-8)18-10-2-4-14-9(13-10)1-3-12-14/h1-6H,(H,15,16). The molecule has 3 rings (SSSR count). The van der Waals surface area contributed by atoms with Crippen LogP contribution in [0.1, 0.15) is 9.67 Å². The Balaban J connectivity index is 1.88. The van der Waals surface area contributed by atoms with Gasteiger partial charge in [0.25, 0.3) is 0 Å². The van der Waals surface area contributed by atoms with Crippen molar-refractivity contribution in [2.75, 3.05) is 0 Å². The molecule has 3 aromatic rings. The minimum atomic E-state index is -0.897. The fraction of sp³-hybridized carbons (Fsp3) is 0. The van der Waals surface area contributed by atoms with Crippen molar-refractivity contribution in [2.24, 2.45) is 0 Å². The lowest BCUT2D eigenvalue weighted by atomic mass is 10.5. The van der Waals surface area contributed by atoms with E-state index in [-0.39, 0.29) is 0 Å². The third-order valence-corrected chi connectivity index (χ3v) is 4.22. The van der Waals surface area contributed by atoms with Gasteiger partial charge in [-0.2, -0.15) is 5.10 Å². The van der Waals surface area contributed by atoms with Gasteiger partial charge in [-0.3, -0.25) is 0 Å². The molecule has 7 heteroatoms. The van der Waals surface area contributed by atoms with Gasteiger partial charge in [-0.15, -0.1) is 11.3 Å². The third kappa shape index (κ3) is 2.09. The molecule has 0 aliphatic carbocycles. The number of thiophene rings is 1. The van der Waals surface area contributed by atoms with Gasteiger partial charge in [-0.1, -0.05) is 11.8 Å². The maximum Gasteiger partial charge on any atom is 0.345 e. The largest absolute Gasteiger partial charge is 0.477 e. The van der Waals surface area contributed by atoms with Crippen LogP contribution in [0, 0.1) is 0 Å². The topological polar surface area (TPSA) is 67.5 Å². The fourth-order valence-electron chi connectivity index (χ4n) is 1.46. The van der Waals surface area contributed by atoms with Gasteiger partial charge in [-0.25, -0.2) is 14.3 Å². The van der Waals surface area contributed by atoms with Crippen LogP contribution in [0.25, 0.3) is 5.65 Å². The van der Waals surface area contributed by atoms with E-state index >= 15 is 0 Å². The highest BCUT2D eigenvalue weighted by Gasteiger charge is 2.08. The Morgan fingerprint density at radius 1 is 1.44 bits per heavy atom. The summed E-state index contributed by atoms with van der Waals surface area (Å²) in [5.74, 6) is -0.897. The van der Waals surface area contributed by atoms with Crippen LogP contribution in [0.3, 0.4) is 0 Å². The SMILES string of the molecule is O=C(O)c1cc(Sc2ccn3nccc3n2)cs1. The van der Waals surface area contributed by atoms with Crippen LogP contribution in [-0.4, -0.2) is 25.7 Å². The Labute approximate surface area is 110 Å². The maximum atomic E-state index is 10.8. The zero-order chi connectivity index (χ0) is 12.5. The van der Waals surface area contributed by atoms with Gasteiger partial charge in [-0.05, 0) is 12.1 Å². The molecule has 0 unspecified atom stereocenters. The molecule has 0 saturated heterocycles. The van der Waals surface area contributed by atoms with Crippen LogP contribution in [0.2, 0.25) is 0 Å². The van der Waals surface area contributed by atoms with Crippen LogP contribution in [0.5, 0.6) is 0 Å². The van der Waals surface area contributed by atoms with E-state index in [1.54, 1.807) is 16.8 Å². The lowest BCUT2D eigenvalue weighted by Gasteiger charge is -1.98. The zero-order valence-corrected chi connectivity index (χ0v) is 10.6. The second-order valence-electron chi connectivity index (χ2n) is 3.45. The molecule has 0 radical (unpaired) electrons. The van der Waals surface area contributed by atoms with E-state index in [0.717, 1.165) is 15.6 Å². The summed E-state index contributed by atoms with van der Waals surface area (Å²) in [7, 11) is 0. The summed E-state index contributed by atoms with van der Waals surface area (Å²) in [6, 6.07) is 5.32. The molecular weight excluding hydrogens is 270 g/mol. The van der Waals surface area contributed by atoms with Crippen LogP contribution in [0.15, 0.2) is 45.9 Å². The molecule has 0 saturated carbocycles. The molecule has 0 atom stereocenters. The summed E-state index contributed by atoms with van der Waals surface area (Å²) in [4.78, 5) is 16.4. The molecule has 0 fully saturated rings. The zero-order valence-electron chi connectivity index (χ0n) is 8.98. The highest BCUT2D eigenvalue weighted by Crippen LogP contribution is 2.30. The van der Waals surface area contributed by atoms with Gasteiger partial charge < -0.3 is 5.11 Å². The van der Waals surface area contributed by atoms with Crippen LogP contribution < -0.4 is 0 Å². The normalized spacial score (nSPS) is 10.9. The Bertz CT molecular complexity index is 720. The van der Waals surface area contributed by atoms with Gasteiger partial charge in [0.05, 0.1) is 6.20 Å². The minimum Gasteiger partial charge on any atom is -0.477 e. The monoisotopic (exact) mass is 277 g/mol.